The number of hydrogen-bond acceptors (Lipinski definition) is 5. The van der Waals surface area contributed by atoms with E-state index in [4.69, 9.17) is 5.11 Å². The maximum absolute atomic E-state index is 12.1. The maximum Gasteiger partial charge on any atom is 0.314 e. The second-order valence-corrected chi connectivity index (χ2v) is 5.42. The Kier molecular flexibility index (Phi) is 4.15. The summed E-state index contributed by atoms with van der Waals surface area (Å²) in [5.41, 5.74) is 3.65. The van der Waals surface area contributed by atoms with Crippen LogP contribution < -0.4 is 15.5 Å². The van der Waals surface area contributed by atoms with Gasteiger partial charge in [0.25, 0.3) is 0 Å². The number of anilines is 1. The topological polar surface area (TPSA) is 93.7 Å². The summed E-state index contributed by atoms with van der Waals surface area (Å²) in [6.07, 6.45) is 0. The van der Waals surface area contributed by atoms with Crippen molar-refractivity contribution in [2.75, 3.05) is 24.5 Å². The molecule has 1 heterocycles. The Hall–Kier alpha value is -1.19. The van der Waals surface area contributed by atoms with E-state index in [0.717, 1.165) is 4.41 Å². The number of rotatable bonds is 4. The van der Waals surface area contributed by atoms with Gasteiger partial charge in [0.1, 0.15) is 0 Å². The first-order chi connectivity index (χ1) is 8.63. The number of hydrazine groups is 1. The summed E-state index contributed by atoms with van der Waals surface area (Å²) in [6.45, 7) is 1.13. The number of hydrogen-bond donors (Lipinski definition) is 4. The summed E-state index contributed by atoms with van der Waals surface area (Å²) >= 11 is 0. The first kappa shape index (κ1) is 13.2. The molecule has 1 aliphatic heterocycles. The van der Waals surface area contributed by atoms with Crippen molar-refractivity contribution in [3.8, 4) is 0 Å². The molecule has 0 radical (unpaired) electrons. The van der Waals surface area contributed by atoms with Crippen LogP contribution in [0, 0.1) is 0 Å². The fraction of sp³-hybridized carbons (Fsp3) is 0.400. The molecule has 7 nitrogen and oxygen atoms in total. The lowest BCUT2D eigenvalue weighted by atomic mass is 10.2. The SMILES string of the molecule is O=S(=O)(Nc1ccccc1CO)N1CCNCN1. The van der Waals surface area contributed by atoms with Crippen LogP contribution in [0.1, 0.15) is 5.56 Å². The van der Waals surface area contributed by atoms with E-state index in [0.29, 0.717) is 31.0 Å². The van der Waals surface area contributed by atoms with Crippen LogP contribution in [0.15, 0.2) is 24.3 Å². The zero-order chi connectivity index (χ0) is 13.0. The van der Waals surface area contributed by atoms with Crippen molar-refractivity contribution < 1.29 is 13.5 Å². The van der Waals surface area contributed by atoms with Gasteiger partial charge < -0.3 is 10.4 Å². The normalized spacial score (nSPS) is 17.6. The van der Waals surface area contributed by atoms with E-state index in [9.17, 15) is 8.42 Å². The largest absolute Gasteiger partial charge is 0.392 e. The molecule has 2 rings (SSSR count). The minimum absolute atomic E-state index is 0.215. The van der Waals surface area contributed by atoms with E-state index in [2.05, 4.69) is 15.5 Å². The van der Waals surface area contributed by atoms with Crippen LogP contribution in [0.5, 0.6) is 0 Å². The van der Waals surface area contributed by atoms with Crippen molar-refractivity contribution in [1.82, 2.24) is 15.2 Å². The van der Waals surface area contributed by atoms with Gasteiger partial charge in [-0.25, -0.2) is 5.43 Å². The number of aliphatic hydroxyl groups is 1. The Balaban J connectivity index is 2.16. The van der Waals surface area contributed by atoms with Crippen molar-refractivity contribution >= 4 is 15.9 Å². The number of benzene rings is 1. The molecule has 1 fully saturated rings. The van der Waals surface area contributed by atoms with Crippen LogP contribution >= 0.6 is 0 Å². The molecule has 4 N–H and O–H groups in total. The molecule has 0 spiro atoms. The quantitative estimate of drug-likeness (QED) is 0.576. The predicted octanol–water partition coefficient (Wildman–Crippen LogP) is -0.797. The van der Waals surface area contributed by atoms with Crippen LogP contribution in [0.3, 0.4) is 0 Å². The zero-order valence-corrected chi connectivity index (χ0v) is 10.6. The van der Waals surface area contributed by atoms with Crippen molar-refractivity contribution in [1.29, 1.82) is 0 Å². The molecule has 0 amide bonds. The molecule has 18 heavy (non-hydrogen) atoms. The van der Waals surface area contributed by atoms with Gasteiger partial charge in [-0.1, -0.05) is 18.2 Å². The minimum atomic E-state index is -3.65. The Morgan fingerprint density at radius 3 is 2.83 bits per heavy atom. The average Bonchev–Trinajstić information content (AvgIpc) is 2.40. The summed E-state index contributed by atoms with van der Waals surface area (Å²) in [5, 5.41) is 12.1. The molecule has 100 valence electrons. The molecule has 0 saturated carbocycles. The molecular weight excluding hydrogens is 256 g/mol. The molecule has 0 aliphatic carbocycles. The van der Waals surface area contributed by atoms with E-state index in [1.54, 1.807) is 24.3 Å². The summed E-state index contributed by atoms with van der Waals surface area (Å²) in [7, 11) is -3.65. The highest BCUT2D eigenvalue weighted by molar-refractivity contribution is 7.90. The molecule has 1 aliphatic rings. The van der Waals surface area contributed by atoms with E-state index in [1.807, 2.05) is 0 Å². The lowest BCUT2D eigenvalue weighted by molar-refractivity contribution is 0.262. The molecule has 1 aromatic carbocycles. The third kappa shape index (κ3) is 2.98. The summed E-state index contributed by atoms with van der Waals surface area (Å²) < 4.78 is 27.7. The Bertz CT molecular complexity index is 500. The molecule has 8 heteroatoms. The molecule has 1 saturated heterocycles. The van der Waals surface area contributed by atoms with Gasteiger partial charge in [-0.05, 0) is 6.07 Å². The predicted molar refractivity (Wildman–Crippen MR) is 67.6 cm³/mol. The minimum Gasteiger partial charge on any atom is -0.392 e. The van der Waals surface area contributed by atoms with E-state index in [-0.39, 0.29) is 6.61 Å². The molecule has 0 aromatic heterocycles. The second-order valence-electron chi connectivity index (χ2n) is 3.83. The Morgan fingerprint density at radius 1 is 1.39 bits per heavy atom. The first-order valence-electron chi connectivity index (χ1n) is 5.57. The van der Waals surface area contributed by atoms with E-state index < -0.39 is 10.2 Å². The first-order valence-corrected chi connectivity index (χ1v) is 7.01. The van der Waals surface area contributed by atoms with Gasteiger partial charge in [-0.3, -0.25) is 4.72 Å². The van der Waals surface area contributed by atoms with Gasteiger partial charge in [-0.15, -0.1) is 4.41 Å². The van der Waals surface area contributed by atoms with Gasteiger partial charge in [0.15, 0.2) is 0 Å². The number of nitrogens with one attached hydrogen (secondary N) is 3. The van der Waals surface area contributed by atoms with Gasteiger partial charge in [0.2, 0.25) is 0 Å². The molecular formula is C10H16N4O3S. The van der Waals surface area contributed by atoms with Crippen molar-refractivity contribution in [2.24, 2.45) is 0 Å². The third-order valence-electron chi connectivity index (χ3n) is 2.59. The van der Waals surface area contributed by atoms with Crippen LogP contribution in [-0.2, 0) is 16.8 Å². The monoisotopic (exact) mass is 272 g/mol. The molecule has 1 aromatic rings. The van der Waals surface area contributed by atoms with E-state index in [1.165, 1.54) is 0 Å². The van der Waals surface area contributed by atoms with Gasteiger partial charge >= 0.3 is 10.2 Å². The average molecular weight is 272 g/mol. The van der Waals surface area contributed by atoms with Crippen LogP contribution in [0.25, 0.3) is 0 Å². The second kappa shape index (κ2) is 5.63. The fourth-order valence-electron chi connectivity index (χ4n) is 1.65. The van der Waals surface area contributed by atoms with Crippen molar-refractivity contribution in [3.05, 3.63) is 29.8 Å². The van der Waals surface area contributed by atoms with Gasteiger partial charge in [0, 0.05) is 18.7 Å². The summed E-state index contributed by atoms with van der Waals surface area (Å²) in [5.74, 6) is 0. The smallest absolute Gasteiger partial charge is 0.314 e. The highest BCUT2D eigenvalue weighted by Crippen LogP contribution is 2.17. The lowest BCUT2D eigenvalue weighted by Crippen LogP contribution is -2.56. The summed E-state index contributed by atoms with van der Waals surface area (Å²) in [6, 6.07) is 6.74. The molecule has 0 unspecified atom stereocenters. The standard InChI is InChI=1S/C10H16N4O3S/c15-7-9-3-1-2-4-10(9)13-18(16,17)14-6-5-11-8-12-14/h1-4,11-13,15H,5-8H2. The Morgan fingerprint density at radius 2 is 2.17 bits per heavy atom. The number of aliphatic hydroxyl groups excluding tert-OH is 1. The third-order valence-corrected chi connectivity index (χ3v) is 3.96. The van der Waals surface area contributed by atoms with Gasteiger partial charge in [-0.2, -0.15) is 8.42 Å². The van der Waals surface area contributed by atoms with Crippen LogP contribution in [-0.4, -0.2) is 37.7 Å². The van der Waals surface area contributed by atoms with Crippen molar-refractivity contribution in [3.63, 3.8) is 0 Å². The molecule has 0 bridgehead atoms. The summed E-state index contributed by atoms with van der Waals surface area (Å²) in [4.78, 5) is 0. The van der Waals surface area contributed by atoms with Crippen molar-refractivity contribution in [2.45, 2.75) is 6.61 Å². The Labute approximate surface area is 106 Å². The van der Waals surface area contributed by atoms with Crippen LogP contribution in [0.2, 0.25) is 0 Å². The maximum atomic E-state index is 12.1. The highest BCUT2D eigenvalue weighted by Gasteiger charge is 2.24. The number of nitrogens with zero attached hydrogens (tertiary/aromatic N) is 1. The molecule has 0 atom stereocenters. The van der Waals surface area contributed by atoms with Crippen LogP contribution in [0.4, 0.5) is 5.69 Å². The zero-order valence-electron chi connectivity index (χ0n) is 9.76. The number of para-hydroxylation sites is 1. The lowest BCUT2D eigenvalue weighted by Gasteiger charge is -2.28. The fourth-order valence-corrected chi connectivity index (χ4v) is 2.80. The van der Waals surface area contributed by atoms with Gasteiger partial charge in [0.05, 0.1) is 19.0 Å². The van der Waals surface area contributed by atoms with E-state index >= 15 is 0 Å². The highest BCUT2D eigenvalue weighted by atomic mass is 32.2.